The number of hydrogen-bond acceptors (Lipinski definition) is 4. The first kappa shape index (κ1) is 13.0. The predicted molar refractivity (Wildman–Crippen MR) is 65.1 cm³/mol. The van der Waals surface area contributed by atoms with Gasteiger partial charge in [0.05, 0.1) is 16.5 Å². The smallest absolute Gasteiger partial charge is 0.240 e. The quantitative estimate of drug-likeness (QED) is 0.817. The van der Waals surface area contributed by atoms with Gasteiger partial charge in [-0.15, -0.1) is 0 Å². The summed E-state index contributed by atoms with van der Waals surface area (Å²) in [5.74, 6) is 0. The second kappa shape index (κ2) is 4.69. The van der Waals surface area contributed by atoms with Crippen LogP contribution < -0.4 is 4.72 Å². The number of nitrogens with one attached hydrogen (secondary N) is 1. The van der Waals surface area contributed by atoms with E-state index in [2.05, 4.69) is 4.72 Å². The first-order valence-electron chi connectivity index (χ1n) is 5.62. The highest BCUT2D eigenvalue weighted by Crippen LogP contribution is 2.44. The molecular formula is C12H14N2O3S. The molecule has 1 aromatic rings. The van der Waals surface area contributed by atoms with Crippen molar-refractivity contribution in [3.63, 3.8) is 0 Å². The molecule has 0 bridgehead atoms. The highest BCUT2D eigenvalue weighted by atomic mass is 32.2. The van der Waals surface area contributed by atoms with Gasteiger partial charge < -0.3 is 5.11 Å². The number of rotatable bonds is 5. The Labute approximate surface area is 106 Å². The monoisotopic (exact) mass is 266 g/mol. The van der Waals surface area contributed by atoms with Crippen LogP contribution in [0.4, 0.5) is 0 Å². The molecule has 0 spiro atoms. The summed E-state index contributed by atoms with van der Waals surface area (Å²) in [4.78, 5) is 0.134. The van der Waals surface area contributed by atoms with E-state index in [1.807, 2.05) is 6.07 Å². The van der Waals surface area contributed by atoms with E-state index >= 15 is 0 Å². The van der Waals surface area contributed by atoms with Crippen LogP contribution in [0.3, 0.4) is 0 Å². The van der Waals surface area contributed by atoms with Gasteiger partial charge in [-0.05, 0) is 37.1 Å². The SMILES string of the molecule is N#Cc1ccc(S(=O)(=O)NCC2(CO)CC2)cc1. The Bertz CT molecular complexity index is 568. The molecule has 2 N–H and O–H groups in total. The minimum atomic E-state index is -3.56. The molecule has 0 amide bonds. The average molecular weight is 266 g/mol. The first-order chi connectivity index (χ1) is 8.51. The Morgan fingerprint density at radius 2 is 1.94 bits per heavy atom. The van der Waals surface area contributed by atoms with Gasteiger partial charge in [-0.3, -0.25) is 0 Å². The molecule has 0 saturated heterocycles. The summed E-state index contributed by atoms with van der Waals surface area (Å²) in [6.45, 7) is 0.259. The number of sulfonamides is 1. The lowest BCUT2D eigenvalue weighted by molar-refractivity contribution is 0.213. The third kappa shape index (κ3) is 2.70. The standard InChI is InChI=1S/C12H14N2O3S/c13-7-10-1-3-11(4-2-10)18(16,17)14-8-12(9-15)5-6-12/h1-4,14-15H,5-6,8-9H2. The highest BCUT2D eigenvalue weighted by molar-refractivity contribution is 7.89. The number of aliphatic hydroxyl groups is 1. The molecule has 0 unspecified atom stereocenters. The van der Waals surface area contributed by atoms with Gasteiger partial charge in [0.2, 0.25) is 10.0 Å². The third-order valence-corrected chi connectivity index (χ3v) is 4.64. The van der Waals surface area contributed by atoms with E-state index in [1.54, 1.807) is 0 Å². The summed E-state index contributed by atoms with van der Waals surface area (Å²) in [7, 11) is -3.56. The van der Waals surface area contributed by atoms with Crippen molar-refractivity contribution in [2.24, 2.45) is 5.41 Å². The molecular weight excluding hydrogens is 252 g/mol. The Morgan fingerprint density at radius 1 is 1.33 bits per heavy atom. The molecule has 0 aliphatic heterocycles. The van der Waals surface area contributed by atoms with Crippen molar-refractivity contribution in [2.75, 3.05) is 13.2 Å². The maximum Gasteiger partial charge on any atom is 0.240 e. The first-order valence-corrected chi connectivity index (χ1v) is 7.10. The van der Waals surface area contributed by atoms with Crippen molar-refractivity contribution in [3.05, 3.63) is 29.8 Å². The molecule has 0 radical (unpaired) electrons. The molecule has 1 aliphatic carbocycles. The topological polar surface area (TPSA) is 90.2 Å². The lowest BCUT2D eigenvalue weighted by atomic mass is 10.1. The van der Waals surface area contributed by atoms with E-state index in [0.29, 0.717) is 5.56 Å². The summed E-state index contributed by atoms with van der Waals surface area (Å²) in [6.07, 6.45) is 1.69. The zero-order valence-corrected chi connectivity index (χ0v) is 10.6. The number of hydrogen-bond donors (Lipinski definition) is 2. The van der Waals surface area contributed by atoms with Gasteiger partial charge >= 0.3 is 0 Å². The molecule has 96 valence electrons. The molecule has 1 saturated carbocycles. The molecule has 2 rings (SSSR count). The van der Waals surface area contributed by atoms with E-state index in [-0.39, 0.29) is 23.5 Å². The third-order valence-electron chi connectivity index (χ3n) is 3.22. The van der Waals surface area contributed by atoms with Crippen LogP contribution in [0.1, 0.15) is 18.4 Å². The zero-order valence-electron chi connectivity index (χ0n) is 9.76. The molecule has 1 fully saturated rings. The van der Waals surface area contributed by atoms with Gasteiger partial charge in [0, 0.05) is 18.6 Å². The summed E-state index contributed by atoms with van der Waals surface area (Å²) >= 11 is 0. The molecule has 0 aromatic heterocycles. The van der Waals surface area contributed by atoms with Gasteiger partial charge in [-0.1, -0.05) is 0 Å². The Balaban J connectivity index is 2.08. The molecule has 0 atom stereocenters. The van der Waals surface area contributed by atoms with Gasteiger partial charge in [-0.25, -0.2) is 13.1 Å². The van der Waals surface area contributed by atoms with Crippen LogP contribution in [-0.4, -0.2) is 26.7 Å². The van der Waals surface area contributed by atoms with Crippen LogP contribution >= 0.6 is 0 Å². The molecule has 18 heavy (non-hydrogen) atoms. The van der Waals surface area contributed by atoms with E-state index in [0.717, 1.165) is 12.8 Å². The van der Waals surface area contributed by atoms with Crippen LogP contribution in [0.2, 0.25) is 0 Å². The van der Waals surface area contributed by atoms with Crippen LogP contribution in [-0.2, 0) is 10.0 Å². The Hall–Kier alpha value is -1.42. The highest BCUT2D eigenvalue weighted by Gasteiger charge is 2.42. The van der Waals surface area contributed by atoms with Crippen LogP contribution in [0, 0.1) is 16.7 Å². The maximum absolute atomic E-state index is 11.9. The normalized spacial score (nSPS) is 17.1. The largest absolute Gasteiger partial charge is 0.396 e. The van der Waals surface area contributed by atoms with Crippen molar-refractivity contribution in [1.82, 2.24) is 4.72 Å². The molecule has 6 heteroatoms. The fourth-order valence-electron chi connectivity index (χ4n) is 1.61. The number of nitrogens with zero attached hydrogens (tertiary/aromatic N) is 1. The lowest BCUT2D eigenvalue weighted by Crippen LogP contribution is -2.31. The molecule has 0 heterocycles. The number of nitriles is 1. The summed E-state index contributed by atoms with van der Waals surface area (Å²) in [5.41, 5.74) is 0.155. The van der Waals surface area contributed by atoms with Gasteiger partial charge in [0.15, 0.2) is 0 Å². The van der Waals surface area contributed by atoms with Gasteiger partial charge in [0.1, 0.15) is 0 Å². The molecule has 5 nitrogen and oxygen atoms in total. The fraction of sp³-hybridized carbons (Fsp3) is 0.417. The Morgan fingerprint density at radius 3 is 2.39 bits per heavy atom. The maximum atomic E-state index is 11.9. The second-order valence-electron chi connectivity index (χ2n) is 4.62. The lowest BCUT2D eigenvalue weighted by Gasteiger charge is -2.13. The van der Waals surface area contributed by atoms with Crippen molar-refractivity contribution < 1.29 is 13.5 Å². The number of aliphatic hydroxyl groups excluding tert-OH is 1. The van der Waals surface area contributed by atoms with Crippen molar-refractivity contribution in [1.29, 1.82) is 5.26 Å². The van der Waals surface area contributed by atoms with Crippen LogP contribution in [0.5, 0.6) is 0 Å². The van der Waals surface area contributed by atoms with Crippen molar-refractivity contribution in [2.45, 2.75) is 17.7 Å². The summed E-state index contributed by atoms with van der Waals surface area (Å²) < 4.78 is 26.4. The fourth-order valence-corrected chi connectivity index (χ4v) is 2.76. The number of benzene rings is 1. The minimum absolute atomic E-state index is 0.00287. The van der Waals surface area contributed by atoms with E-state index in [4.69, 9.17) is 10.4 Å². The molecule has 1 aliphatic rings. The minimum Gasteiger partial charge on any atom is -0.396 e. The van der Waals surface area contributed by atoms with Crippen LogP contribution in [0.25, 0.3) is 0 Å². The van der Waals surface area contributed by atoms with Crippen LogP contribution in [0.15, 0.2) is 29.2 Å². The van der Waals surface area contributed by atoms with E-state index < -0.39 is 10.0 Å². The zero-order chi connectivity index (χ0) is 13.2. The second-order valence-corrected chi connectivity index (χ2v) is 6.39. The summed E-state index contributed by atoms with van der Waals surface area (Å²) in [5, 5.41) is 17.8. The van der Waals surface area contributed by atoms with Crippen molar-refractivity contribution in [3.8, 4) is 6.07 Å². The van der Waals surface area contributed by atoms with E-state index in [9.17, 15) is 8.42 Å². The van der Waals surface area contributed by atoms with Gasteiger partial charge in [0.25, 0.3) is 0 Å². The molecule has 1 aromatic carbocycles. The van der Waals surface area contributed by atoms with E-state index in [1.165, 1.54) is 24.3 Å². The summed E-state index contributed by atoms with van der Waals surface area (Å²) in [6, 6.07) is 7.67. The predicted octanol–water partition coefficient (Wildman–Crippen LogP) is 0.609. The Kier molecular flexibility index (Phi) is 3.39. The van der Waals surface area contributed by atoms with Gasteiger partial charge in [-0.2, -0.15) is 5.26 Å². The average Bonchev–Trinajstić information content (AvgIpc) is 3.17. The van der Waals surface area contributed by atoms with Crippen molar-refractivity contribution >= 4 is 10.0 Å².